The lowest BCUT2D eigenvalue weighted by molar-refractivity contribution is 0.399. The Kier molecular flexibility index (Phi) is 4.35. The van der Waals surface area contributed by atoms with Gasteiger partial charge in [0.05, 0.1) is 19.0 Å². The number of hydrogen-bond donors (Lipinski definition) is 0. The summed E-state index contributed by atoms with van der Waals surface area (Å²) < 4.78 is 14.4. The van der Waals surface area contributed by atoms with Crippen molar-refractivity contribution in [1.29, 1.82) is 0 Å². The zero-order chi connectivity index (χ0) is 22.4. The minimum absolute atomic E-state index is 0.474. The summed E-state index contributed by atoms with van der Waals surface area (Å²) in [5.41, 5.74) is 2.83. The van der Waals surface area contributed by atoms with E-state index < -0.39 is 0 Å². The maximum Gasteiger partial charge on any atom is 0.207 e. The highest BCUT2D eigenvalue weighted by atomic mass is 16.5. The topological polar surface area (TPSA) is 109 Å². The minimum Gasteiger partial charge on any atom is -0.496 e. The van der Waals surface area contributed by atoms with Crippen molar-refractivity contribution in [2.24, 2.45) is 0 Å². The summed E-state index contributed by atoms with van der Waals surface area (Å²) >= 11 is 0. The molecule has 4 aromatic heterocycles. The average molecular weight is 438 g/mol. The quantitative estimate of drug-likeness (QED) is 0.402. The molecular weight excluding hydrogens is 420 g/mol. The number of methoxy groups -OCH3 is 1. The molecule has 2 aromatic carbocycles. The average Bonchev–Trinajstić information content (AvgIpc) is 3.58. The summed E-state index contributed by atoms with van der Waals surface area (Å²) in [5, 5.41) is 23.8. The molecule has 0 fully saturated rings. The smallest absolute Gasteiger partial charge is 0.207 e. The van der Waals surface area contributed by atoms with Crippen LogP contribution in [0.3, 0.4) is 0 Å². The van der Waals surface area contributed by atoms with Gasteiger partial charge in [-0.3, -0.25) is 0 Å². The first-order valence-corrected chi connectivity index (χ1v) is 10.3. The first kappa shape index (κ1) is 19.1. The number of aromatic nitrogens is 8. The van der Waals surface area contributed by atoms with Crippen LogP contribution in [0.25, 0.3) is 39.5 Å². The first-order chi connectivity index (χ1) is 16.2. The number of benzene rings is 2. The van der Waals surface area contributed by atoms with Gasteiger partial charge in [0.25, 0.3) is 0 Å². The molecule has 33 heavy (non-hydrogen) atoms. The third-order valence-corrected chi connectivity index (χ3v) is 5.42. The molecule has 0 saturated heterocycles. The number of fused-ring (bicyclic) bond motifs is 3. The predicted molar refractivity (Wildman–Crippen MR) is 120 cm³/mol. The van der Waals surface area contributed by atoms with E-state index >= 15 is 0 Å². The van der Waals surface area contributed by atoms with E-state index in [4.69, 9.17) is 14.4 Å². The van der Waals surface area contributed by atoms with Crippen LogP contribution < -0.4 is 4.74 Å². The molecule has 0 bridgehead atoms. The monoisotopic (exact) mass is 438 g/mol. The maximum absolute atomic E-state index is 5.69. The van der Waals surface area contributed by atoms with E-state index in [-0.39, 0.29) is 0 Å². The van der Waals surface area contributed by atoms with E-state index in [0.29, 0.717) is 46.7 Å². The van der Waals surface area contributed by atoms with Crippen molar-refractivity contribution >= 4 is 16.4 Å². The first-order valence-electron chi connectivity index (χ1n) is 10.3. The lowest BCUT2D eigenvalue weighted by Gasteiger charge is -2.12. The molecule has 0 aliphatic rings. The van der Waals surface area contributed by atoms with Gasteiger partial charge in [0.2, 0.25) is 5.82 Å². The molecule has 6 rings (SSSR count). The fraction of sp³-hybridized carbons (Fsp3) is 0.130. The second-order valence-corrected chi connectivity index (χ2v) is 7.54. The molecule has 0 radical (unpaired) electrons. The number of ether oxygens (including phenoxy) is 1. The molecule has 6 aromatic rings. The normalized spacial score (nSPS) is 11.5. The molecule has 0 N–H and O–H groups in total. The molecule has 4 heterocycles. The Morgan fingerprint density at radius 2 is 1.88 bits per heavy atom. The molecule has 0 spiro atoms. The van der Waals surface area contributed by atoms with E-state index in [1.54, 1.807) is 17.7 Å². The Morgan fingerprint density at radius 1 is 1.00 bits per heavy atom. The van der Waals surface area contributed by atoms with E-state index in [1.807, 2.05) is 60.1 Å². The van der Waals surface area contributed by atoms with Crippen LogP contribution in [0.2, 0.25) is 0 Å². The summed E-state index contributed by atoms with van der Waals surface area (Å²) in [5.74, 6) is 2.41. The van der Waals surface area contributed by atoms with Gasteiger partial charge in [-0.2, -0.15) is 14.7 Å². The predicted octanol–water partition coefficient (Wildman–Crippen LogP) is 3.56. The molecular formula is C23H18N8O2. The van der Waals surface area contributed by atoms with Gasteiger partial charge in [-0.15, -0.1) is 10.2 Å². The molecule has 0 unspecified atom stereocenters. The zero-order valence-corrected chi connectivity index (χ0v) is 17.9. The fourth-order valence-corrected chi connectivity index (χ4v) is 3.93. The zero-order valence-electron chi connectivity index (χ0n) is 17.9. The van der Waals surface area contributed by atoms with Crippen LogP contribution in [-0.2, 0) is 6.54 Å². The van der Waals surface area contributed by atoms with Gasteiger partial charge in [-0.05, 0) is 18.6 Å². The number of aryl methyl sites for hydroxylation is 1. The second kappa shape index (κ2) is 7.52. The van der Waals surface area contributed by atoms with Crippen LogP contribution in [0.4, 0.5) is 0 Å². The van der Waals surface area contributed by atoms with Gasteiger partial charge < -0.3 is 9.26 Å². The minimum atomic E-state index is 0.474. The van der Waals surface area contributed by atoms with Crippen molar-refractivity contribution in [2.45, 2.75) is 13.5 Å². The van der Waals surface area contributed by atoms with Crippen molar-refractivity contribution in [3.63, 3.8) is 0 Å². The summed E-state index contributed by atoms with van der Waals surface area (Å²) in [6, 6.07) is 17.6. The van der Waals surface area contributed by atoms with Gasteiger partial charge in [0, 0.05) is 11.5 Å². The van der Waals surface area contributed by atoms with Crippen LogP contribution in [-0.4, -0.2) is 46.8 Å². The van der Waals surface area contributed by atoms with Crippen molar-refractivity contribution in [3.05, 3.63) is 72.2 Å². The molecule has 10 heteroatoms. The van der Waals surface area contributed by atoms with Crippen LogP contribution in [0.15, 0.2) is 65.4 Å². The summed E-state index contributed by atoms with van der Waals surface area (Å²) in [6.07, 6.45) is 1.53. The number of hydrogen-bond acceptors (Lipinski definition) is 8. The van der Waals surface area contributed by atoms with Crippen LogP contribution in [0, 0.1) is 6.92 Å². The van der Waals surface area contributed by atoms with Crippen molar-refractivity contribution in [2.75, 3.05) is 7.11 Å². The summed E-state index contributed by atoms with van der Waals surface area (Å²) in [7, 11) is 1.63. The number of rotatable bonds is 5. The van der Waals surface area contributed by atoms with Crippen molar-refractivity contribution < 1.29 is 9.26 Å². The Bertz CT molecular complexity index is 1600. The highest BCUT2D eigenvalue weighted by Gasteiger charge is 2.23. The fourth-order valence-electron chi connectivity index (χ4n) is 3.93. The molecule has 0 amide bonds. The van der Waals surface area contributed by atoms with Gasteiger partial charge in [0.15, 0.2) is 17.2 Å². The SMILES string of the molecule is COc1cccc2c1c(-c1ncnn1Cc1ccccc1)nn1c(-c3cc(C)on3)nnc21. The van der Waals surface area contributed by atoms with E-state index in [1.165, 1.54) is 6.33 Å². The maximum atomic E-state index is 5.69. The number of nitrogens with zero attached hydrogens (tertiary/aromatic N) is 8. The lowest BCUT2D eigenvalue weighted by atomic mass is 10.1. The Labute approximate surface area is 187 Å². The molecule has 0 aliphatic heterocycles. The third-order valence-electron chi connectivity index (χ3n) is 5.42. The van der Waals surface area contributed by atoms with Crippen LogP contribution >= 0.6 is 0 Å². The summed E-state index contributed by atoms with van der Waals surface area (Å²) in [4.78, 5) is 4.55. The Morgan fingerprint density at radius 3 is 2.67 bits per heavy atom. The van der Waals surface area contributed by atoms with E-state index in [2.05, 4.69) is 25.4 Å². The molecule has 162 valence electrons. The Hall–Kier alpha value is -4.60. The van der Waals surface area contributed by atoms with Crippen LogP contribution in [0.5, 0.6) is 5.75 Å². The lowest BCUT2D eigenvalue weighted by Crippen LogP contribution is -2.08. The van der Waals surface area contributed by atoms with Crippen molar-refractivity contribution in [3.8, 4) is 28.8 Å². The molecule has 0 atom stereocenters. The van der Waals surface area contributed by atoms with Gasteiger partial charge in [0.1, 0.15) is 23.5 Å². The van der Waals surface area contributed by atoms with Gasteiger partial charge >= 0.3 is 0 Å². The molecule has 0 aliphatic carbocycles. The van der Waals surface area contributed by atoms with Gasteiger partial charge in [-0.25, -0.2) is 9.67 Å². The Balaban J connectivity index is 1.63. The van der Waals surface area contributed by atoms with E-state index in [0.717, 1.165) is 16.3 Å². The van der Waals surface area contributed by atoms with E-state index in [9.17, 15) is 0 Å². The molecule has 0 saturated carbocycles. The van der Waals surface area contributed by atoms with Crippen molar-refractivity contribution in [1.82, 2.24) is 39.7 Å². The second-order valence-electron chi connectivity index (χ2n) is 7.54. The molecule has 10 nitrogen and oxygen atoms in total. The largest absolute Gasteiger partial charge is 0.496 e. The highest BCUT2D eigenvalue weighted by Crippen LogP contribution is 2.35. The standard InChI is InChI=1S/C23H18N8O2/c1-14-11-17(29-33-14)22-27-26-21-16-9-6-10-18(32-2)19(16)20(28-31(21)22)23-24-13-25-30(23)12-15-7-4-3-5-8-15/h3-11,13H,12H2,1-2H3. The highest BCUT2D eigenvalue weighted by molar-refractivity contribution is 6.04. The summed E-state index contributed by atoms with van der Waals surface area (Å²) in [6.45, 7) is 2.37. The third kappa shape index (κ3) is 3.11. The van der Waals surface area contributed by atoms with Crippen LogP contribution in [0.1, 0.15) is 11.3 Å². The van der Waals surface area contributed by atoms with Gasteiger partial charge in [-0.1, -0.05) is 47.6 Å².